The molecule has 160 valence electrons. The van der Waals surface area contributed by atoms with Gasteiger partial charge in [0.25, 0.3) is 10.0 Å². The van der Waals surface area contributed by atoms with Crippen LogP contribution in [0.25, 0.3) is 11.3 Å². The summed E-state index contributed by atoms with van der Waals surface area (Å²) in [5.41, 5.74) is 1.96. The Labute approximate surface area is 184 Å². The van der Waals surface area contributed by atoms with Crippen molar-refractivity contribution in [3.63, 3.8) is 0 Å². The highest BCUT2D eigenvalue weighted by atomic mass is 32.2. The molecule has 0 radical (unpaired) electrons. The largest absolute Gasteiger partial charge is 0.497 e. The third-order valence-electron chi connectivity index (χ3n) is 4.91. The van der Waals surface area contributed by atoms with Crippen molar-refractivity contribution in [2.45, 2.75) is 10.1 Å². The van der Waals surface area contributed by atoms with Gasteiger partial charge in [-0.1, -0.05) is 30.0 Å². The number of anilines is 1. The van der Waals surface area contributed by atoms with Crippen molar-refractivity contribution < 1.29 is 22.7 Å². The van der Waals surface area contributed by atoms with Crippen LogP contribution >= 0.6 is 11.8 Å². The van der Waals surface area contributed by atoms with Crippen LogP contribution in [0.15, 0.2) is 58.7 Å². The number of ether oxygens (including phenoxy) is 2. The summed E-state index contributed by atoms with van der Waals surface area (Å²) in [5, 5.41) is 0.309. The normalized spacial score (nSPS) is 13.8. The SMILES string of the molecule is COc1ccc(OC)c(C(=O)CSc2ncc3c(n2)-c2ccccc2N(C)S3(=O)=O)c1. The van der Waals surface area contributed by atoms with Crippen LogP contribution in [-0.2, 0) is 10.0 Å². The van der Waals surface area contributed by atoms with Crippen LogP contribution < -0.4 is 13.8 Å². The molecule has 0 saturated carbocycles. The molecule has 0 fully saturated rings. The quantitative estimate of drug-likeness (QED) is 0.316. The standard InChI is InChI=1S/C21H19N3O5S2/c1-24-16-7-5-4-6-14(16)20-19(31(24,26)27)11-22-21(23-20)30-12-17(25)15-10-13(28-2)8-9-18(15)29-3/h4-11H,12H2,1-3H3. The highest BCUT2D eigenvalue weighted by Crippen LogP contribution is 2.41. The second kappa shape index (κ2) is 8.20. The van der Waals surface area contributed by atoms with Crippen LogP contribution in [0.2, 0.25) is 0 Å². The first-order chi connectivity index (χ1) is 14.9. The maximum Gasteiger partial charge on any atom is 0.267 e. The number of carbonyl (C=O) groups excluding carboxylic acids is 1. The van der Waals surface area contributed by atoms with Gasteiger partial charge >= 0.3 is 0 Å². The maximum atomic E-state index is 12.8. The number of carbonyl (C=O) groups is 1. The third kappa shape index (κ3) is 3.72. The van der Waals surface area contributed by atoms with Gasteiger partial charge in [-0.2, -0.15) is 0 Å². The molecular formula is C21H19N3O5S2. The molecule has 0 N–H and O–H groups in total. The molecule has 2 aromatic carbocycles. The van der Waals surface area contributed by atoms with Crippen molar-refractivity contribution in [3.05, 3.63) is 54.2 Å². The first-order valence-electron chi connectivity index (χ1n) is 9.20. The topological polar surface area (TPSA) is 98.7 Å². The van der Waals surface area contributed by atoms with Gasteiger partial charge < -0.3 is 9.47 Å². The van der Waals surface area contributed by atoms with E-state index >= 15 is 0 Å². The summed E-state index contributed by atoms with van der Waals surface area (Å²) < 4.78 is 37.3. The molecule has 4 rings (SSSR count). The summed E-state index contributed by atoms with van der Waals surface area (Å²) in [6.45, 7) is 0. The number of sulfonamides is 1. The molecule has 3 aromatic rings. The number of para-hydroxylation sites is 1. The molecule has 1 aliphatic rings. The van der Waals surface area contributed by atoms with E-state index in [2.05, 4.69) is 9.97 Å². The minimum atomic E-state index is -3.74. The summed E-state index contributed by atoms with van der Waals surface area (Å²) in [5.74, 6) is 0.858. The fourth-order valence-electron chi connectivity index (χ4n) is 3.27. The lowest BCUT2D eigenvalue weighted by molar-refractivity contribution is 0.101. The Kier molecular flexibility index (Phi) is 5.59. The molecule has 2 heterocycles. The van der Waals surface area contributed by atoms with E-state index in [0.717, 1.165) is 11.8 Å². The van der Waals surface area contributed by atoms with Crippen molar-refractivity contribution in [1.29, 1.82) is 0 Å². The van der Waals surface area contributed by atoms with Crippen molar-refractivity contribution in [3.8, 4) is 22.8 Å². The molecule has 0 spiro atoms. The van der Waals surface area contributed by atoms with E-state index in [0.29, 0.717) is 39.2 Å². The molecule has 0 unspecified atom stereocenters. The summed E-state index contributed by atoms with van der Waals surface area (Å²) in [4.78, 5) is 21.5. The Bertz CT molecular complexity index is 1280. The second-order valence-corrected chi connectivity index (χ2v) is 9.51. The van der Waals surface area contributed by atoms with Crippen LogP contribution in [0, 0.1) is 0 Å². The molecular weight excluding hydrogens is 438 g/mol. The lowest BCUT2D eigenvalue weighted by Gasteiger charge is -2.28. The number of thioether (sulfide) groups is 1. The van der Waals surface area contributed by atoms with E-state index in [4.69, 9.17) is 9.47 Å². The molecule has 0 saturated heterocycles. The van der Waals surface area contributed by atoms with Crippen LogP contribution in [0.3, 0.4) is 0 Å². The van der Waals surface area contributed by atoms with Gasteiger partial charge in [0.05, 0.1) is 43.1 Å². The average molecular weight is 458 g/mol. The van der Waals surface area contributed by atoms with Gasteiger partial charge in [-0.25, -0.2) is 18.4 Å². The maximum absolute atomic E-state index is 12.8. The number of fused-ring (bicyclic) bond motifs is 3. The van der Waals surface area contributed by atoms with E-state index in [1.165, 1.54) is 31.8 Å². The number of benzene rings is 2. The summed E-state index contributed by atoms with van der Waals surface area (Å²) in [7, 11) is 0.776. The Balaban J connectivity index is 1.64. The lowest BCUT2D eigenvalue weighted by atomic mass is 10.1. The summed E-state index contributed by atoms with van der Waals surface area (Å²) >= 11 is 1.13. The number of aromatic nitrogens is 2. The molecule has 1 aromatic heterocycles. The van der Waals surface area contributed by atoms with E-state index in [1.807, 2.05) is 12.1 Å². The predicted molar refractivity (Wildman–Crippen MR) is 118 cm³/mol. The van der Waals surface area contributed by atoms with Crippen molar-refractivity contribution in [1.82, 2.24) is 9.97 Å². The van der Waals surface area contributed by atoms with Crippen molar-refractivity contribution in [2.24, 2.45) is 0 Å². The zero-order valence-electron chi connectivity index (χ0n) is 17.0. The highest BCUT2D eigenvalue weighted by Gasteiger charge is 2.34. The van der Waals surface area contributed by atoms with Gasteiger partial charge in [-0.15, -0.1) is 0 Å². The Morgan fingerprint density at radius 3 is 2.65 bits per heavy atom. The van der Waals surface area contributed by atoms with E-state index in [1.54, 1.807) is 30.3 Å². The molecule has 10 heteroatoms. The molecule has 0 amide bonds. The highest BCUT2D eigenvalue weighted by molar-refractivity contribution is 7.99. The monoisotopic (exact) mass is 457 g/mol. The molecule has 31 heavy (non-hydrogen) atoms. The number of ketones is 1. The molecule has 8 nitrogen and oxygen atoms in total. The smallest absolute Gasteiger partial charge is 0.267 e. The Morgan fingerprint density at radius 1 is 1.13 bits per heavy atom. The fraction of sp³-hybridized carbons (Fsp3) is 0.190. The zero-order chi connectivity index (χ0) is 22.2. The number of rotatable bonds is 6. The number of Topliss-reactive ketones (excluding diaryl/α,β-unsaturated/α-hetero) is 1. The van der Waals surface area contributed by atoms with Gasteiger partial charge in [0.15, 0.2) is 10.9 Å². The predicted octanol–water partition coefficient (Wildman–Crippen LogP) is 3.27. The minimum absolute atomic E-state index is 0.0406. The number of hydrogen-bond acceptors (Lipinski definition) is 8. The van der Waals surface area contributed by atoms with Gasteiger partial charge in [-0.3, -0.25) is 9.10 Å². The lowest BCUT2D eigenvalue weighted by Crippen LogP contribution is -2.31. The van der Waals surface area contributed by atoms with Gasteiger partial charge in [0.2, 0.25) is 0 Å². The molecule has 1 aliphatic heterocycles. The minimum Gasteiger partial charge on any atom is -0.497 e. The summed E-state index contributed by atoms with van der Waals surface area (Å²) in [6.07, 6.45) is 1.29. The van der Waals surface area contributed by atoms with E-state index < -0.39 is 10.0 Å². The second-order valence-electron chi connectivity index (χ2n) is 6.63. The Hall–Kier alpha value is -3.11. The van der Waals surface area contributed by atoms with Gasteiger partial charge in [0.1, 0.15) is 16.4 Å². The van der Waals surface area contributed by atoms with Crippen molar-refractivity contribution >= 4 is 33.3 Å². The average Bonchev–Trinajstić information content (AvgIpc) is 2.80. The van der Waals surface area contributed by atoms with Crippen molar-refractivity contribution in [2.75, 3.05) is 31.3 Å². The van der Waals surface area contributed by atoms with Gasteiger partial charge in [-0.05, 0) is 24.3 Å². The molecule has 0 aliphatic carbocycles. The van der Waals surface area contributed by atoms with Crippen LogP contribution in [0.1, 0.15) is 10.4 Å². The third-order valence-corrected chi connectivity index (χ3v) is 7.54. The number of hydrogen-bond donors (Lipinski definition) is 0. The van der Waals surface area contributed by atoms with Crippen LogP contribution in [0.5, 0.6) is 11.5 Å². The van der Waals surface area contributed by atoms with Crippen LogP contribution in [-0.4, -0.2) is 51.2 Å². The zero-order valence-corrected chi connectivity index (χ0v) is 18.7. The Morgan fingerprint density at radius 2 is 1.90 bits per heavy atom. The molecule has 0 atom stereocenters. The molecule has 0 bridgehead atoms. The van der Waals surface area contributed by atoms with E-state index in [-0.39, 0.29) is 16.4 Å². The number of methoxy groups -OCH3 is 2. The first-order valence-corrected chi connectivity index (χ1v) is 11.6. The van der Waals surface area contributed by atoms with Crippen LogP contribution in [0.4, 0.5) is 5.69 Å². The van der Waals surface area contributed by atoms with E-state index in [9.17, 15) is 13.2 Å². The number of nitrogens with zero attached hydrogens (tertiary/aromatic N) is 3. The summed E-state index contributed by atoms with van der Waals surface area (Å²) in [6, 6.07) is 12.1. The first kappa shape index (κ1) is 21.1. The fourth-order valence-corrected chi connectivity index (χ4v) is 5.27. The van der Waals surface area contributed by atoms with Gasteiger partial charge in [0, 0.05) is 12.6 Å².